The van der Waals surface area contributed by atoms with E-state index in [1.165, 1.54) is 0 Å². The van der Waals surface area contributed by atoms with Crippen molar-refractivity contribution in [1.29, 1.82) is 0 Å². The molecule has 2 rings (SSSR count). The van der Waals surface area contributed by atoms with E-state index in [0.29, 0.717) is 0 Å². The smallest absolute Gasteiger partial charge is 0.326 e. The van der Waals surface area contributed by atoms with E-state index in [2.05, 4.69) is 5.32 Å². The van der Waals surface area contributed by atoms with Crippen molar-refractivity contribution < 1.29 is 19.5 Å². The van der Waals surface area contributed by atoms with Crippen molar-refractivity contribution >= 4 is 17.7 Å². The molecule has 0 aliphatic carbocycles. The number of rotatable bonds is 8. The number of Topliss-reactive ketones (excluding diaryl/α,β-unsaturated/α-hetero) is 1. The highest BCUT2D eigenvalue weighted by Gasteiger charge is 2.32. The van der Waals surface area contributed by atoms with Gasteiger partial charge in [-0.1, -0.05) is 74.5 Å². The van der Waals surface area contributed by atoms with Gasteiger partial charge in [0.25, 0.3) is 5.91 Å². The number of aliphatic carboxylic acids is 1. The molecular weight excluding hydrogens is 330 g/mol. The van der Waals surface area contributed by atoms with E-state index >= 15 is 0 Å². The van der Waals surface area contributed by atoms with Gasteiger partial charge in [0, 0.05) is 6.42 Å². The fourth-order valence-corrected chi connectivity index (χ4v) is 2.92. The van der Waals surface area contributed by atoms with Gasteiger partial charge in [0.1, 0.15) is 6.04 Å². The van der Waals surface area contributed by atoms with Gasteiger partial charge in [0.2, 0.25) is 5.78 Å². The van der Waals surface area contributed by atoms with E-state index in [0.717, 1.165) is 11.1 Å². The zero-order chi connectivity index (χ0) is 19.1. The van der Waals surface area contributed by atoms with Gasteiger partial charge in [0.05, 0.1) is 5.92 Å². The number of carbonyl (C=O) groups is 3. The Morgan fingerprint density at radius 2 is 1.46 bits per heavy atom. The third-order valence-corrected chi connectivity index (χ3v) is 4.22. The molecule has 0 aromatic heterocycles. The molecule has 2 N–H and O–H groups in total. The molecule has 0 saturated carbocycles. The minimum Gasteiger partial charge on any atom is -0.480 e. The predicted molar refractivity (Wildman–Crippen MR) is 98.7 cm³/mol. The molecule has 136 valence electrons. The van der Waals surface area contributed by atoms with E-state index < -0.39 is 29.6 Å². The summed E-state index contributed by atoms with van der Waals surface area (Å²) < 4.78 is 0. The monoisotopic (exact) mass is 353 g/mol. The molecular formula is C21H23NO4. The van der Waals surface area contributed by atoms with Crippen LogP contribution in [0.5, 0.6) is 0 Å². The van der Waals surface area contributed by atoms with Gasteiger partial charge in [0.15, 0.2) is 0 Å². The Morgan fingerprint density at radius 1 is 0.923 bits per heavy atom. The van der Waals surface area contributed by atoms with Crippen molar-refractivity contribution in [3.05, 3.63) is 71.8 Å². The molecule has 2 atom stereocenters. The van der Waals surface area contributed by atoms with Crippen molar-refractivity contribution in [2.75, 3.05) is 0 Å². The van der Waals surface area contributed by atoms with E-state index in [-0.39, 0.29) is 12.3 Å². The van der Waals surface area contributed by atoms with Gasteiger partial charge >= 0.3 is 5.97 Å². The Bertz CT molecular complexity index is 756. The fraction of sp³-hybridized carbons (Fsp3) is 0.286. The summed E-state index contributed by atoms with van der Waals surface area (Å²) in [5.74, 6) is -3.35. The lowest BCUT2D eigenvalue weighted by atomic mass is 9.84. The van der Waals surface area contributed by atoms with Crippen molar-refractivity contribution in [1.82, 2.24) is 5.32 Å². The minimum atomic E-state index is -1.17. The minimum absolute atomic E-state index is 0.0898. The van der Waals surface area contributed by atoms with E-state index in [1.54, 1.807) is 36.4 Å². The highest BCUT2D eigenvalue weighted by molar-refractivity contribution is 6.38. The van der Waals surface area contributed by atoms with E-state index in [4.69, 9.17) is 0 Å². The lowest BCUT2D eigenvalue weighted by molar-refractivity contribution is -0.144. The Labute approximate surface area is 153 Å². The maximum absolute atomic E-state index is 12.7. The lowest BCUT2D eigenvalue weighted by Gasteiger charge is -2.21. The number of carbonyl (C=O) groups excluding carboxylic acids is 2. The summed E-state index contributed by atoms with van der Waals surface area (Å²) in [6.45, 7) is 3.73. The second kappa shape index (κ2) is 8.94. The molecule has 2 unspecified atom stereocenters. The van der Waals surface area contributed by atoms with Crippen LogP contribution in [0.4, 0.5) is 0 Å². The van der Waals surface area contributed by atoms with Gasteiger partial charge in [-0.25, -0.2) is 4.79 Å². The molecule has 0 aliphatic heterocycles. The first kappa shape index (κ1) is 19.4. The molecule has 0 spiro atoms. The maximum Gasteiger partial charge on any atom is 0.326 e. The summed E-state index contributed by atoms with van der Waals surface area (Å²) in [6.07, 6.45) is 0.118. The van der Waals surface area contributed by atoms with Gasteiger partial charge in [-0.3, -0.25) is 9.59 Å². The van der Waals surface area contributed by atoms with Gasteiger partial charge < -0.3 is 10.4 Å². The number of hydrogen-bond donors (Lipinski definition) is 2. The maximum atomic E-state index is 12.7. The number of carboxylic acid groups (broad SMARTS) is 1. The predicted octanol–water partition coefficient (Wildman–Crippen LogP) is 2.81. The fourth-order valence-electron chi connectivity index (χ4n) is 2.92. The molecule has 5 heteroatoms. The average Bonchev–Trinajstić information content (AvgIpc) is 2.62. The molecule has 0 aliphatic rings. The van der Waals surface area contributed by atoms with Crippen LogP contribution in [0.3, 0.4) is 0 Å². The summed E-state index contributed by atoms with van der Waals surface area (Å²) in [6, 6.07) is 16.9. The van der Waals surface area contributed by atoms with Gasteiger partial charge in [-0.05, 0) is 17.0 Å². The van der Waals surface area contributed by atoms with Crippen LogP contribution in [0, 0.1) is 5.92 Å². The highest BCUT2D eigenvalue weighted by atomic mass is 16.4. The molecule has 0 fully saturated rings. The molecule has 5 nitrogen and oxygen atoms in total. The molecule has 0 bridgehead atoms. The zero-order valence-corrected chi connectivity index (χ0v) is 14.9. The first-order valence-electron chi connectivity index (χ1n) is 8.56. The van der Waals surface area contributed by atoms with Crippen LogP contribution in [0.15, 0.2) is 60.7 Å². The summed E-state index contributed by atoms with van der Waals surface area (Å²) in [7, 11) is 0. The number of nitrogens with one attached hydrogen (secondary N) is 1. The topological polar surface area (TPSA) is 83.5 Å². The first-order valence-corrected chi connectivity index (χ1v) is 8.56. The van der Waals surface area contributed by atoms with Gasteiger partial charge in [-0.15, -0.1) is 0 Å². The van der Waals surface area contributed by atoms with Crippen molar-refractivity contribution in [3.8, 4) is 0 Å². The largest absolute Gasteiger partial charge is 0.480 e. The second-order valence-electron chi connectivity index (χ2n) is 6.55. The quantitative estimate of drug-likeness (QED) is 0.715. The van der Waals surface area contributed by atoms with Gasteiger partial charge in [-0.2, -0.15) is 0 Å². The van der Waals surface area contributed by atoms with Crippen LogP contribution in [-0.2, 0) is 20.8 Å². The molecule has 26 heavy (non-hydrogen) atoms. The normalized spacial score (nSPS) is 13.0. The Balaban J connectivity index is 2.14. The van der Waals surface area contributed by atoms with Crippen LogP contribution in [-0.4, -0.2) is 28.8 Å². The summed E-state index contributed by atoms with van der Waals surface area (Å²) in [4.78, 5) is 36.6. The van der Waals surface area contributed by atoms with Crippen LogP contribution in [0.25, 0.3) is 0 Å². The number of hydrogen-bond acceptors (Lipinski definition) is 3. The third kappa shape index (κ3) is 5.02. The molecule has 2 aromatic rings. The SMILES string of the molecule is CC(C)C(C(=O)C(=O)NC(Cc1ccccc1)C(=O)O)c1ccccc1. The summed E-state index contributed by atoms with van der Waals surface area (Å²) in [5.41, 5.74) is 1.52. The number of amides is 1. The Morgan fingerprint density at radius 3 is 1.96 bits per heavy atom. The molecule has 0 heterocycles. The standard InChI is InChI=1S/C21H23NO4/c1-14(2)18(16-11-7-4-8-12-16)19(23)20(24)22-17(21(25)26)13-15-9-5-3-6-10-15/h3-12,14,17-18H,13H2,1-2H3,(H,22,24)(H,25,26). The second-order valence-corrected chi connectivity index (χ2v) is 6.55. The van der Waals surface area contributed by atoms with Crippen LogP contribution in [0.2, 0.25) is 0 Å². The first-order chi connectivity index (χ1) is 12.4. The van der Waals surface area contributed by atoms with E-state index in [1.807, 2.05) is 38.1 Å². The zero-order valence-electron chi connectivity index (χ0n) is 14.9. The third-order valence-electron chi connectivity index (χ3n) is 4.22. The number of ketones is 1. The van der Waals surface area contributed by atoms with Crippen LogP contribution in [0.1, 0.15) is 30.9 Å². The van der Waals surface area contributed by atoms with E-state index in [9.17, 15) is 19.5 Å². The Hall–Kier alpha value is -2.95. The van der Waals surface area contributed by atoms with Crippen molar-refractivity contribution in [3.63, 3.8) is 0 Å². The lowest BCUT2D eigenvalue weighted by Crippen LogP contribution is -2.46. The van der Waals surface area contributed by atoms with Crippen molar-refractivity contribution in [2.24, 2.45) is 5.92 Å². The molecule has 0 saturated heterocycles. The Kier molecular flexibility index (Phi) is 6.67. The summed E-state index contributed by atoms with van der Waals surface area (Å²) in [5, 5.41) is 11.8. The molecule has 2 aromatic carbocycles. The van der Waals surface area contributed by atoms with Crippen molar-refractivity contribution in [2.45, 2.75) is 32.2 Å². The van der Waals surface area contributed by atoms with Crippen LogP contribution < -0.4 is 5.32 Å². The number of benzene rings is 2. The highest BCUT2D eigenvalue weighted by Crippen LogP contribution is 2.25. The molecule has 0 radical (unpaired) electrons. The molecule has 1 amide bonds. The van der Waals surface area contributed by atoms with Crippen LogP contribution >= 0.6 is 0 Å². The average molecular weight is 353 g/mol. The number of carboxylic acids is 1. The summed E-state index contributed by atoms with van der Waals surface area (Å²) >= 11 is 0.